The van der Waals surface area contributed by atoms with Crippen molar-refractivity contribution in [3.8, 4) is 11.5 Å². The van der Waals surface area contributed by atoms with Crippen molar-refractivity contribution in [3.05, 3.63) is 66.5 Å². The number of rotatable bonds is 6. The largest absolute Gasteiger partial charge is 0.457 e. The topological polar surface area (TPSA) is 73.2 Å². The fraction of sp³-hybridized carbons (Fsp3) is 0.167. The zero-order valence-corrected chi connectivity index (χ0v) is 14.8. The van der Waals surface area contributed by atoms with Crippen molar-refractivity contribution >= 4 is 15.7 Å². The number of aromatic nitrogens is 2. The van der Waals surface area contributed by atoms with E-state index < -0.39 is 10.0 Å². The van der Waals surface area contributed by atoms with Gasteiger partial charge in [0.05, 0.1) is 5.69 Å². The Bertz CT molecular complexity index is 949. The quantitative estimate of drug-likeness (QED) is 0.728. The highest BCUT2D eigenvalue weighted by Gasteiger charge is 2.20. The van der Waals surface area contributed by atoms with Gasteiger partial charge in [-0.2, -0.15) is 5.10 Å². The summed E-state index contributed by atoms with van der Waals surface area (Å²) in [6, 6.07) is 16.1. The second kappa shape index (κ2) is 6.98. The molecule has 0 aliphatic heterocycles. The Labute approximate surface area is 147 Å². The molecule has 0 spiro atoms. The molecule has 0 aliphatic carbocycles. The highest BCUT2D eigenvalue weighted by Crippen LogP contribution is 2.24. The van der Waals surface area contributed by atoms with Crippen LogP contribution in [-0.2, 0) is 16.6 Å². The molecular weight excluding hydrogens is 338 g/mol. The van der Waals surface area contributed by atoms with Crippen LogP contribution >= 0.6 is 0 Å². The Morgan fingerprint density at radius 2 is 1.68 bits per heavy atom. The summed E-state index contributed by atoms with van der Waals surface area (Å²) in [6.07, 6.45) is 1.53. The number of hydrogen-bond acceptors (Lipinski definition) is 4. The van der Waals surface area contributed by atoms with Gasteiger partial charge in [-0.15, -0.1) is 0 Å². The van der Waals surface area contributed by atoms with Crippen LogP contribution in [0, 0.1) is 6.92 Å². The van der Waals surface area contributed by atoms with Gasteiger partial charge in [-0.05, 0) is 50.2 Å². The first-order valence-electron chi connectivity index (χ1n) is 7.88. The summed E-state index contributed by atoms with van der Waals surface area (Å²) in [5.74, 6) is 1.35. The highest BCUT2D eigenvalue weighted by atomic mass is 32.2. The first-order valence-corrected chi connectivity index (χ1v) is 9.36. The summed E-state index contributed by atoms with van der Waals surface area (Å²) in [6.45, 7) is 4.20. The van der Waals surface area contributed by atoms with E-state index in [9.17, 15) is 8.42 Å². The van der Waals surface area contributed by atoms with E-state index >= 15 is 0 Å². The number of ether oxygens (including phenoxy) is 1. The number of nitrogens with one attached hydrogen (secondary N) is 1. The van der Waals surface area contributed by atoms with Gasteiger partial charge in [-0.3, -0.25) is 9.40 Å². The van der Waals surface area contributed by atoms with E-state index in [4.69, 9.17) is 4.74 Å². The van der Waals surface area contributed by atoms with Gasteiger partial charge < -0.3 is 4.74 Å². The zero-order valence-electron chi connectivity index (χ0n) is 14.0. The highest BCUT2D eigenvalue weighted by molar-refractivity contribution is 7.92. The third-order valence-corrected chi connectivity index (χ3v) is 5.08. The third-order valence-electron chi connectivity index (χ3n) is 3.60. The fourth-order valence-corrected chi connectivity index (χ4v) is 3.60. The maximum atomic E-state index is 12.5. The summed E-state index contributed by atoms with van der Waals surface area (Å²) < 4.78 is 34.9. The lowest BCUT2D eigenvalue weighted by molar-refractivity contribution is 0.483. The van der Waals surface area contributed by atoms with Gasteiger partial charge in [0.25, 0.3) is 10.0 Å². The standard InChI is InChI=1S/C18H19N3O3S/c1-3-21-13-18(14(2)19-21)25(22,23)20-15-9-11-17(12-10-15)24-16-7-5-4-6-8-16/h4-13,20H,3H2,1-2H3. The molecule has 0 saturated carbocycles. The van der Waals surface area contributed by atoms with Crippen LogP contribution in [0.5, 0.6) is 11.5 Å². The van der Waals surface area contributed by atoms with Gasteiger partial charge >= 0.3 is 0 Å². The summed E-state index contributed by atoms with van der Waals surface area (Å²) in [5, 5.41) is 4.18. The van der Waals surface area contributed by atoms with Crippen LogP contribution in [-0.4, -0.2) is 18.2 Å². The lowest BCUT2D eigenvalue weighted by Crippen LogP contribution is -2.13. The average molecular weight is 357 g/mol. The molecule has 2 aromatic carbocycles. The maximum absolute atomic E-state index is 12.5. The summed E-state index contributed by atoms with van der Waals surface area (Å²) in [7, 11) is -3.68. The van der Waals surface area contributed by atoms with Crippen molar-refractivity contribution in [2.24, 2.45) is 0 Å². The van der Waals surface area contributed by atoms with Crippen molar-refractivity contribution in [1.82, 2.24) is 9.78 Å². The normalized spacial score (nSPS) is 11.3. The van der Waals surface area contributed by atoms with Crippen molar-refractivity contribution in [1.29, 1.82) is 0 Å². The van der Waals surface area contributed by atoms with Crippen molar-refractivity contribution in [3.63, 3.8) is 0 Å². The van der Waals surface area contributed by atoms with Crippen LogP contribution < -0.4 is 9.46 Å². The SMILES string of the molecule is CCn1cc(S(=O)(=O)Nc2ccc(Oc3ccccc3)cc2)c(C)n1. The Kier molecular flexibility index (Phi) is 4.76. The number of para-hydroxylation sites is 1. The van der Waals surface area contributed by atoms with Crippen LogP contribution in [0.25, 0.3) is 0 Å². The Morgan fingerprint density at radius 3 is 2.28 bits per heavy atom. The van der Waals surface area contributed by atoms with Crippen LogP contribution in [0.1, 0.15) is 12.6 Å². The molecule has 0 bridgehead atoms. The lowest BCUT2D eigenvalue weighted by Gasteiger charge is -2.09. The van der Waals surface area contributed by atoms with Gasteiger partial charge in [-0.25, -0.2) is 8.42 Å². The average Bonchev–Trinajstić information content (AvgIpc) is 2.99. The van der Waals surface area contributed by atoms with E-state index in [2.05, 4.69) is 9.82 Å². The number of benzene rings is 2. The van der Waals surface area contributed by atoms with Gasteiger partial charge in [0.2, 0.25) is 0 Å². The second-order valence-electron chi connectivity index (χ2n) is 5.48. The molecule has 3 aromatic rings. The molecular formula is C18H19N3O3S. The second-order valence-corrected chi connectivity index (χ2v) is 7.13. The van der Waals surface area contributed by atoms with Crippen LogP contribution in [0.3, 0.4) is 0 Å². The van der Waals surface area contributed by atoms with Crippen LogP contribution in [0.15, 0.2) is 65.7 Å². The minimum Gasteiger partial charge on any atom is -0.457 e. The predicted octanol–water partition coefficient (Wildman–Crippen LogP) is 3.80. The van der Waals surface area contributed by atoms with Crippen molar-refractivity contribution in [2.45, 2.75) is 25.3 Å². The molecule has 3 rings (SSSR count). The molecule has 1 N–H and O–H groups in total. The van der Waals surface area contributed by atoms with Gasteiger partial charge in [-0.1, -0.05) is 18.2 Å². The molecule has 1 heterocycles. The summed E-state index contributed by atoms with van der Waals surface area (Å²) >= 11 is 0. The van der Waals surface area contributed by atoms with Crippen LogP contribution in [0.4, 0.5) is 5.69 Å². The smallest absolute Gasteiger partial charge is 0.265 e. The number of hydrogen-bond donors (Lipinski definition) is 1. The van der Waals surface area contributed by atoms with E-state index in [-0.39, 0.29) is 4.90 Å². The Balaban J connectivity index is 1.75. The molecule has 130 valence electrons. The van der Waals surface area contributed by atoms with E-state index in [0.29, 0.717) is 23.7 Å². The fourth-order valence-electron chi connectivity index (χ4n) is 2.35. The van der Waals surface area contributed by atoms with E-state index in [1.165, 1.54) is 6.20 Å². The molecule has 0 unspecified atom stereocenters. The lowest BCUT2D eigenvalue weighted by atomic mass is 10.3. The molecule has 0 aliphatic rings. The number of aryl methyl sites for hydroxylation is 2. The first kappa shape index (κ1) is 17.0. The van der Waals surface area contributed by atoms with Gasteiger partial charge in [0, 0.05) is 18.4 Å². The predicted molar refractivity (Wildman–Crippen MR) is 96.4 cm³/mol. The van der Waals surface area contributed by atoms with Gasteiger partial charge in [0.1, 0.15) is 16.4 Å². The molecule has 0 amide bonds. The van der Waals surface area contributed by atoms with E-state index in [1.807, 2.05) is 37.3 Å². The maximum Gasteiger partial charge on any atom is 0.265 e. The molecule has 0 radical (unpaired) electrons. The number of anilines is 1. The minimum absolute atomic E-state index is 0.180. The molecule has 0 atom stereocenters. The summed E-state index contributed by atoms with van der Waals surface area (Å²) in [4.78, 5) is 0.180. The number of nitrogens with zero attached hydrogens (tertiary/aromatic N) is 2. The molecule has 6 nitrogen and oxygen atoms in total. The van der Waals surface area contributed by atoms with E-state index in [0.717, 1.165) is 5.75 Å². The first-order chi connectivity index (χ1) is 12.0. The molecule has 25 heavy (non-hydrogen) atoms. The van der Waals surface area contributed by atoms with E-state index in [1.54, 1.807) is 35.9 Å². The number of sulfonamides is 1. The monoisotopic (exact) mass is 357 g/mol. The molecule has 0 fully saturated rings. The zero-order chi connectivity index (χ0) is 17.9. The third kappa shape index (κ3) is 4.00. The molecule has 0 saturated heterocycles. The molecule has 1 aromatic heterocycles. The van der Waals surface area contributed by atoms with Crippen molar-refractivity contribution in [2.75, 3.05) is 4.72 Å². The molecule has 7 heteroatoms. The Morgan fingerprint density at radius 1 is 1.04 bits per heavy atom. The van der Waals surface area contributed by atoms with Crippen molar-refractivity contribution < 1.29 is 13.2 Å². The minimum atomic E-state index is -3.68. The van der Waals surface area contributed by atoms with Crippen LogP contribution in [0.2, 0.25) is 0 Å². The summed E-state index contributed by atoms with van der Waals surface area (Å²) in [5.41, 5.74) is 0.933. The Hall–Kier alpha value is -2.80. The van der Waals surface area contributed by atoms with Gasteiger partial charge in [0.15, 0.2) is 0 Å².